The molecule has 2 rings (SSSR count). The summed E-state index contributed by atoms with van der Waals surface area (Å²) < 4.78 is 16.5. The molecule has 1 N–H and O–H groups in total. The SMILES string of the molecule is CNC1CCCC1Oc1cc(OC)cc(OC)c1. The molecule has 0 aliphatic heterocycles. The van der Waals surface area contributed by atoms with E-state index in [1.54, 1.807) is 14.2 Å². The van der Waals surface area contributed by atoms with E-state index < -0.39 is 0 Å². The van der Waals surface area contributed by atoms with E-state index in [0.717, 1.165) is 23.7 Å². The van der Waals surface area contributed by atoms with Gasteiger partial charge in [-0.3, -0.25) is 0 Å². The molecule has 1 aromatic rings. The van der Waals surface area contributed by atoms with Crippen molar-refractivity contribution < 1.29 is 14.2 Å². The number of ether oxygens (including phenoxy) is 3. The van der Waals surface area contributed by atoms with Crippen LogP contribution in [0.4, 0.5) is 0 Å². The summed E-state index contributed by atoms with van der Waals surface area (Å²) in [6, 6.07) is 6.07. The minimum absolute atomic E-state index is 0.229. The fourth-order valence-electron chi connectivity index (χ4n) is 2.42. The lowest BCUT2D eigenvalue weighted by Gasteiger charge is -2.21. The Bertz CT molecular complexity index is 372. The van der Waals surface area contributed by atoms with Crippen LogP contribution in [0.3, 0.4) is 0 Å². The van der Waals surface area contributed by atoms with Crippen LogP contribution in [0.5, 0.6) is 17.2 Å². The Morgan fingerprint density at radius 3 is 2.17 bits per heavy atom. The van der Waals surface area contributed by atoms with Gasteiger partial charge in [-0.05, 0) is 26.3 Å². The molecule has 18 heavy (non-hydrogen) atoms. The smallest absolute Gasteiger partial charge is 0.127 e. The highest BCUT2D eigenvalue weighted by molar-refractivity contribution is 5.42. The molecule has 0 saturated heterocycles. The first kappa shape index (κ1) is 13.0. The van der Waals surface area contributed by atoms with E-state index in [-0.39, 0.29) is 6.10 Å². The van der Waals surface area contributed by atoms with Gasteiger partial charge in [0.2, 0.25) is 0 Å². The molecule has 1 aromatic carbocycles. The molecule has 1 saturated carbocycles. The summed E-state index contributed by atoms with van der Waals surface area (Å²) in [5.41, 5.74) is 0. The second kappa shape index (κ2) is 5.96. The largest absolute Gasteiger partial charge is 0.496 e. The molecule has 0 bridgehead atoms. The minimum atomic E-state index is 0.229. The lowest BCUT2D eigenvalue weighted by atomic mass is 10.2. The standard InChI is InChI=1S/C14H21NO3/c1-15-13-5-4-6-14(13)18-12-8-10(16-2)7-11(9-12)17-3/h7-9,13-15H,4-6H2,1-3H3. The van der Waals surface area contributed by atoms with Crippen molar-refractivity contribution in [1.29, 1.82) is 0 Å². The molecule has 2 atom stereocenters. The van der Waals surface area contributed by atoms with Crippen LogP contribution in [0.1, 0.15) is 19.3 Å². The Morgan fingerprint density at radius 1 is 1.00 bits per heavy atom. The van der Waals surface area contributed by atoms with Crippen LogP contribution in [0.25, 0.3) is 0 Å². The van der Waals surface area contributed by atoms with E-state index in [4.69, 9.17) is 14.2 Å². The monoisotopic (exact) mass is 251 g/mol. The van der Waals surface area contributed by atoms with Crippen molar-refractivity contribution in [3.63, 3.8) is 0 Å². The number of rotatable bonds is 5. The van der Waals surface area contributed by atoms with E-state index in [0.29, 0.717) is 6.04 Å². The van der Waals surface area contributed by atoms with Gasteiger partial charge in [0.25, 0.3) is 0 Å². The number of benzene rings is 1. The highest BCUT2D eigenvalue weighted by atomic mass is 16.5. The van der Waals surface area contributed by atoms with Crippen molar-refractivity contribution in [2.45, 2.75) is 31.4 Å². The van der Waals surface area contributed by atoms with Crippen LogP contribution in [0.2, 0.25) is 0 Å². The number of likely N-dealkylation sites (N-methyl/N-ethyl adjacent to an activating group) is 1. The molecule has 0 heterocycles. The minimum Gasteiger partial charge on any atom is -0.496 e. The molecule has 100 valence electrons. The third-order valence-electron chi connectivity index (χ3n) is 3.44. The van der Waals surface area contributed by atoms with Crippen molar-refractivity contribution in [2.24, 2.45) is 0 Å². The normalized spacial score (nSPS) is 22.8. The Morgan fingerprint density at radius 2 is 1.61 bits per heavy atom. The fraction of sp³-hybridized carbons (Fsp3) is 0.571. The number of hydrogen-bond donors (Lipinski definition) is 1. The lowest BCUT2D eigenvalue weighted by Crippen LogP contribution is -2.36. The van der Waals surface area contributed by atoms with Gasteiger partial charge in [0.05, 0.1) is 14.2 Å². The number of methoxy groups -OCH3 is 2. The molecule has 1 fully saturated rings. The molecule has 1 aliphatic rings. The summed E-state index contributed by atoms with van der Waals surface area (Å²) in [4.78, 5) is 0. The van der Waals surface area contributed by atoms with Crippen molar-refractivity contribution in [3.05, 3.63) is 18.2 Å². The van der Waals surface area contributed by atoms with Gasteiger partial charge in [-0.15, -0.1) is 0 Å². The van der Waals surface area contributed by atoms with Crippen LogP contribution < -0.4 is 19.5 Å². The predicted molar refractivity (Wildman–Crippen MR) is 70.7 cm³/mol. The lowest BCUT2D eigenvalue weighted by molar-refractivity contribution is 0.177. The zero-order valence-electron chi connectivity index (χ0n) is 11.2. The van der Waals surface area contributed by atoms with Crippen LogP contribution >= 0.6 is 0 Å². The summed E-state index contributed by atoms with van der Waals surface area (Å²) in [5.74, 6) is 2.31. The Hall–Kier alpha value is -1.42. The maximum atomic E-state index is 6.04. The van der Waals surface area contributed by atoms with Gasteiger partial charge in [0.1, 0.15) is 23.4 Å². The molecule has 0 radical (unpaired) electrons. The zero-order valence-corrected chi connectivity index (χ0v) is 11.2. The first-order valence-corrected chi connectivity index (χ1v) is 6.34. The molecule has 0 amide bonds. The maximum absolute atomic E-state index is 6.04. The number of hydrogen-bond acceptors (Lipinski definition) is 4. The summed E-state index contributed by atoms with van der Waals surface area (Å²) in [6.45, 7) is 0. The van der Waals surface area contributed by atoms with E-state index >= 15 is 0 Å². The molecule has 1 aliphatic carbocycles. The quantitative estimate of drug-likeness (QED) is 0.871. The van der Waals surface area contributed by atoms with Crippen molar-refractivity contribution in [1.82, 2.24) is 5.32 Å². The van der Waals surface area contributed by atoms with Crippen molar-refractivity contribution >= 4 is 0 Å². The summed E-state index contributed by atoms with van der Waals surface area (Å²) in [7, 11) is 5.27. The van der Waals surface area contributed by atoms with E-state index in [1.165, 1.54) is 12.8 Å². The molecule has 4 nitrogen and oxygen atoms in total. The molecular formula is C14H21NO3. The molecule has 0 aromatic heterocycles. The van der Waals surface area contributed by atoms with Crippen molar-refractivity contribution in [3.8, 4) is 17.2 Å². The fourth-order valence-corrected chi connectivity index (χ4v) is 2.42. The predicted octanol–water partition coefficient (Wildman–Crippen LogP) is 2.22. The summed E-state index contributed by atoms with van der Waals surface area (Å²) in [6.07, 6.45) is 3.69. The molecule has 4 heteroatoms. The second-order valence-corrected chi connectivity index (χ2v) is 4.53. The molecular weight excluding hydrogens is 230 g/mol. The van der Waals surface area contributed by atoms with E-state index in [9.17, 15) is 0 Å². The Kier molecular flexibility index (Phi) is 4.31. The summed E-state index contributed by atoms with van der Waals surface area (Å²) >= 11 is 0. The average Bonchev–Trinajstić information content (AvgIpc) is 2.85. The van der Waals surface area contributed by atoms with Crippen LogP contribution in [0, 0.1) is 0 Å². The highest BCUT2D eigenvalue weighted by Crippen LogP contribution is 2.31. The van der Waals surface area contributed by atoms with Crippen molar-refractivity contribution in [2.75, 3.05) is 21.3 Å². The van der Waals surface area contributed by atoms with Gasteiger partial charge in [0.15, 0.2) is 0 Å². The topological polar surface area (TPSA) is 39.7 Å². The molecule has 0 spiro atoms. The Labute approximate surface area is 108 Å². The van der Waals surface area contributed by atoms with E-state index in [1.807, 2.05) is 25.2 Å². The van der Waals surface area contributed by atoms with Gasteiger partial charge in [-0.2, -0.15) is 0 Å². The number of nitrogens with one attached hydrogen (secondary N) is 1. The third kappa shape index (κ3) is 2.88. The Balaban J connectivity index is 2.12. The summed E-state index contributed by atoms with van der Waals surface area (Å²) in [5, 5.41) is 3.30. The first-order valence-electron chi connectivity index (χ1n) is 6.34. The second-order valence-electron chi connectivity index (χ2n) is 4.53. The van der Waals surface area contributed by atoms with Gasteiger partial charge in [0, 0.05) is 24.2 Å². The van der Waals surface area contributed by atoms with Gasteiger partial charge in [-0.1, -0.05) is 0 Å². The van der Waals surface area contributed by atoms with Crippen LogP contribution in [-0.4, -0.2) is 33.4 Å². The molecule has 2 unspecified atom stereocenters. The van der Waals surface area contributed by atoms with Crippen LogP contribution in [0.15, 0.2) is 18.2 Å². The maximum Gasteiger partial charge on any atom is 0.127 e. The zero-order chi connectivity index (χ0) is 13.0. The van der Waals surface area contributed by atoms with E-state index in [2.05, 4.69) is 5.32 Å². The van der Waals surface area contributed by atoms with Gasteiger partial charge in [-0.25, -0.2) is 0 Å². The average molecular weight is 251 g/mol. The first-order chi connectivity index (χ1) is 8.76. The highest BCUT2D eigenvalue weighted by Gasteiger charge is 2.27. The van der Waals surface area contributed by atoms with Gasteiger partial charge < -0.3 is 19.5 Å². The third-order valence-corrected chi connectivity index (χ3v) is 3.44. The van der Waals surface area contributed by atoms with Crippen LogP contribution in [-0.2, 0) is 0 Å². The van der Waals surface area contributed by atoms with Gasteiger partial charge >= 0.3 is 0 Å².